The number of aliphatic imine (C=N–C) groups is 1. The van der Waals surface area contributed by atoms with Crippen LogP contribution in [-0.4, -0.2) is 43.1 Å². The molecule has 0 aliphatic rings. The molecule has 0 fully saturated rings. The molecule has 0 aliphatic carbocycles. The van der Waals surface area contributed by atoms with Crippen LogP contribution >= 0.6 is 12.2 Å². The molecule has 0 spiro atoms. The van der Waals surface area contributed by atoms with E-state index in [2.05, 4.69) is 10.1 Å². The Morgan fingerprint density at radius 1 is 1.12 bits per heavy atom. The number of benzene rings is 2. The number of aryl methyl sites for hydroxylation is 1. The average molecular weight is 475 g/mol. The van der Waals surface area contributed by atoms with E-state index < -0.39 is 17.7 Å². The number of carbonyl (C=O) groups is 1. The summed E-state index contributed by atoms with van der Waals surface area (Å²) in [5.41, 5.74) is 1.54. The summed E-state index contributed by atoms with van der Waals surface area (Å²) in [4.78, 5) is 15.9. The molecule has 33 heavy (non-hydrogen) atoms. The summed E-state index contributed by atoms with van der Waals surface area (Å²) in [6.45, 7) is 1.84. The Bertz CT molecular complexity index is 1210. The Hall–Kier alpha value is -3.53. The molecule has 0 saturated carbocycles. The molecule has 10 heteroatoms. The SMILES string of the molecule is CC(=NCC(=S)Cc1ccc(C(=O)O)cc1)c1nn(C)c(-c2ccc(C(F)(F)F)cc2)c1O. The fourth-order valence-electron chi connectivity index (χ4n) is 3.23. The van der Waals surface area contributed by atoms with Crippen molar-refractivity contribution >= 4 is 28.8 Å². The quantitative estimate of drug-likeness (QED) is 0.374. The maximum Gasteiger partial charge on any atom is 0.416 e. The number of aromatic nitrogens is 2. The standard InChI is InChI=1S/C23H20F3N3O3S/c1-13(27-12-18(33)11-14-3-5-16(6-4-14)22(31)32)19-21(30)20(29(2)28-19)15-7-9-17(10-8-15)23(24,25)26/h3-10,30H,11-12H2,1-2H3,(H,31,32). The highest BCUT2D eigenvalue weighted by molar-refractivity contribution is 7.80. The van der Waals surface area contributed by atoms with Crippen molar-refractivity contribution in [2.75, 3.05) is 6.54 Å². The third kappa shape index (κ3) is 5.64. The van der Waals surface area contributed by atoms with Crippen LogP contribution in [0.2, 0.25) is 0 Å². The van der Waals surface area contributed by atoms with E-state index in [1.807, 2.05) is 0 Å². The first-order valence-electron chi connectivity index (χ1n) is 9.76. The second-order valence-corrected chi connectivity index (χ2v) is 7.94. The highest BCUT2D eigenvalue weighted by Crippen LogP contribution is 2.35. The van der Waals surface area contributed by atoms with Crippen molar-refractivity contribution in [2.24, 2.45) is 12.0 Å². The van der Waals surface area contributed by atoms with Crippen LogP contribution in [0.3, 0.4) is 0 Å². The van der Waals surface area contributed by atoms with Crippen molar-refractivity contribution in [3.05, 3.63) is 70.9 Å². The maximum absolute atomic E-state index is 12.8. The highest BCUT2D eigenvalue weighted by Gasteiger charge is 2.30. The first-order chi connectivity index (χ1) is 15.5. The monoisotopic (exact) mass is 475 g/mol. The van der Waals surface area contributed by atoms with Crippen LogP contribution in [0.25, 0.3) is 11.3 Å². The number of carboxylic acids is 1. The summed E-state index contributed by atoms with van der Waals surface area (Å²) in [6, 6.07) is 10.8. The van der Waals surface area contributed by atoms with Crippen molar-refractivity contribution in [1.29, 1.82) is 0 Å². The van der Waals surface area contributed by atoms with Crippen molar-refractivity contribution in [3.8, 4) is 17.0 Å². The predicted molar refractivity (Wildman–Crippen MR) is 122 cm³/mol. The molecule has 2 aromatic carbocycles. The van der Waals surface area contributed by atoms with Crippen molar-refractivity contribution < 1.29 is 28.2 Å². The smallest absolute Gasteiger partial charge is 0.416 e. The molecule has 6 nitrogen and oxygen atoms in total. The van der Waals surface area contributed by atoms with Crippen LogP contribution in [0.15, 0.2) is 53.5 Å². The maximum atomic E-state index is 12.8. The predicted octanol–water partition coefficient (Wildman–Crippen LogP) is 4.93. The molecule has 1 aromatic heterocycles. The minimum Gasteiger partial charge on any atom is -0.504 e. The van der Waals surface area contributed by atoms with Gasteiger partial charge in [0.2, 0.25) is 0 Å². The molecule has 0 saturated heterocycles. The summed E-state index contributed by atoms with van der Waals surface area (Å²) in [6.07, 6.45) is -4.02. The van der Waals surface area contributed by atoms with Gasteiger partial charge in [-0.3, -0.25) is 9.67 Å². The number of halogens is 3. The van der Waals surface area contributed by atoms with Gasteiger partial charge in [-0.15, -0.1) is 0 Å². The number of rotatable bonds is 7. The first-order valence-corrected chi connectivity index (χ1v) is 10.2. The van der Waals surface area contributed by atoms with Crippen LogP contribution in [0.1, 0.15) is 34.1 Å². The molecule has 0 bridgehead atoms. The minimum absolute atomic E-state index is 0.186. The van der Waals surface area contributed by atoms with E-state index in [9.17, 15) is 23.1 Å². The fraction of sp³-hybridized carbons (Fsp3) is 0.217. The van der Waals surface area contributed by atoms with Gasteiger partial charge in [0.05, 0.1) is 23.4 Å². The van der Waals surface area contributed by atoms with Gasteiger partial charge in [0.15, 0.2) is 5.75 Å². The number of alkyl halides is 3. The topological polar surface area (TPSA) is 87.7 Å². The number of carboxylic acid groups (broad SMARTS) is 1. The van der Waals surface area contributed by atoms with Crippen LogP contribution in [0.5, 0.6) is 5.75 Å². The highest BCUT2D eigenvalue weighted by atomic mass is 32.1. The van der Waals surface area contributed by atoms with Gasteiger partial charge in [0, 0.05) is 23.9 Å². The molecule has 3 rings (SSSR count). The molecule has 0 radical (unpaired) electrons. The van der Waals surface area contributed by atoms with Crippen LogP contribution < -0.4 is 0 Å². The second kappa shape index (κ2) is 9.53. The summed E-state index contributed by atoms with van der Waals surface area (Å²) in [5.74, 6) is -1.19. The largest absolute Gasteiger partial charge is 0.504 e. The Morgan fingerprint density at radius 2 is 1.73 bits per heavy atom. The molecular formula is C23H20F3N3O3S. The van der Waals surface area contributed by atoms with E-state index in [1.54, 1.807) is 26.1 Å². The third-order valence-corrected chi connectivity index (χ3v) is 5.22. The van der Waals surface area contributed by atoms with Gasteiger partial charge in [-0.2, -0.15) is 18.3 Å². The van der Waals surface area contributed by atoms with Crippen LogP contribution in [0, 0.1) is 0 Å². The van der Waals surface area contributed by atoms with E-state index in [0.717, 1.165) is 17.7 Å². The molecule has 3 aromatic rings. The Labute approximate surface area is 193 Å². The third-order valence-electron chi connectivity index (χ3n) is 4.95. The van der Waals surface area contributed by atoms with E-state index in [0.29, 0.717) is 22.6 Å². The summed E-state index contributed by atoms with van der Waals surface area (Å²) in [5, 5.41) is 23.9. The van der Waals surface area contributed by atoms with Gasteiger partial charge in [-0.25, -0.2) is 4.79 Å². The molecule has 0 atom stereocenters. The van der Waals surface area contributed by atoms with E-state index >= 15 is 0 Å². The second-order valence-electron chi connectivity index (χ2n) is 7.36. The molecule has 2 N–H and O–H groups in total. The van der Waals surface area contributed by atoms with Gasteiger partial charge in [0.25, 0.3) is 0 Å². The Kier molecular flexibility index (Phi) is 6.97. The molecule has 0 amide bonds. The number of hydrogen-bond donors (Lipinski definition) is 2. The van der Waals surface area contributed by atoms with Crippen molar-refractivity contribution in [2.45, 2.75) is 19.5 Å². The zero-order valence-electron chi connectivity index (χ0n) is 17.7. The number of aromatic carboxylic acids is 1. The average Bonchev–Trinajstić information content (AvgIpc) is 3.06. The lowest BCUT2D eigenvalue weighted by atomic mass is 10.1. The van der Waals surface area contributed by atoms with Gasteiger partial charge in [0.1, 0.15) is 11.4 Å². The zero-order chi connectivity index (χ0) is 24.3. The lowest BCUT2D eigenvalue weighted by Gasteiger charge is -2.08. The number of thiocarbonyl (C=S) groups is 1. The van der Waals surface area contributed by atoms with Crippen molar-refractivity contribution in [1.82, 2.24) is 9.78 Å². The Balaban J connectivity index is 1.74. The summed E-state index contributed by atoms with van der Waals surface area (Å²) >= 11 is 5.37. The van der Waals surface area contributed by atoms with E-state index in [-0.39, 0.29) is 29.2 Å². The van der Waals surface area contributed by atoms with Crippen molar-refractivity contribution in [3.63, 3.8) is 0 Å². The number of aromatic hydroxyl groups is 1. The van der Waals surface area contributed by atoms with Gasteiger partial charge >= 0.3 is 12.1 Å². The van der Waals surface area contributed by atoms with Gasteiger partial charge in [-0.05, 0) is 36.8 Å². The summed E-state index contributed by atoms with van der Waals surface area (Å²) < 4.78 is 39.8. The first kappa shape index (κ1) is 24.1. The molecule has 0 aliphatic heterocycles. The zero-order valence-corrected chi connectivity index (χ0v) is 18.5. The molecule has 172 valence electrons. The van der Waals surface area contributed by atoms with E-state index in [1.165, 1.54) is 28.9 Å². The summed E-state index contributed by atoms with van der Waals surface area (Å²) in [7, 11) is 1.58. The number of hydrogen-bond acceptors (Lipinski definition) is 5. The molecular weight excluding hydrogens is 455 g/mol. The van der Waals surface area contributed by atoms with Gasteiger partial charge < -0.3 is 10.2 Å². The normalized spacial score (nSPS) is 12.1. The lowest BCUT2D eigenvalue weighted by molar-refractivity contribution is -0.137. The molecule has 0 unspecified atom stereocenters. The van der Waals surface area contributed by atoms with Gasteiger partial charge in [-0.1, -0.05) is 36.5 Å². The van der Waals surface area contributed by atoms with Crippen LogP contribution in [-0.2, 0) is 19.6 Å². The minimum atomic E-state index is -4.45. The number of nitrogens with zero attached hydrogens (tertiary/aromatic N) is 3. The lowest BCUT2D eigenvalue weighted by Crippen LogP contribution is -2.08. The van der Waals surface area contributed by atoms with E-state index in [4.69, 9.17) is 17.3 Å². The Morgan fingerprint density at radius 3 is 2.27 bits per heavy atom. The van der Waals surface area contributed by atoms with Crippen LogP contribution in [0.4, 0.5) is 13.2 Å². The fourth-order valence-corrected chi connectivity index (χ4v) is 3.46. The molecule has 1 heterocycles.